The molecule has 1 amide bonds. The van der Waals surface area contributed by atoms with Gasteiger partial charge in [0.05, 0.1) is 0 Å². The van der Waals surface area contributed by atoms with Crippen LogP contribution < -0.4 is 11.1 Å². The van der Waals surface area contributed by atoms with Gasteiger partial charge in [0, 0.05) is 6.54 Å². The molecule has 0 radical (unpaired) electrons. The van der Waals surface area contributed by atoms with Gasteiger partial charge in [-0.1, -0.05) is 6.92 Å². The Labute approximate surface area is 82.8 Å². The molecule has 0 aliphatic carbocycles. The largest absolute Gasteiger partial charge is 0.463 e. The van der Waals surface area contributed by atoms with E-state index in [0.717, 1.165) is 0 Å². The lowest BCUT2D eigenvalue weighted by Gasteiger charge is -2.19. The number of halogens is 5. The van der Waals surface area contributed by atoms with Crippen LogP contribution in [0.1, 0.15) is 6.92 Å². The van der Waals surface area contributed by atoms with Gasteiger partial charge in [-0.25, -0.2) is 0 Å². The normalized spacial score (nSPS) is 14.9. The summed E-state index contributed by atoms with van der Waals surface area (Å²) in [5, 5.41) is 1.49. The SMILES string of the molecule is CC(CN)CNC(=O)C(F)(F)C(F)(F)F. The van der Waals surface area contributed by atoms with Crippen LogP contribution in [0.3, 0.4) is 0 Å². The molecule has 90 valence electrons. The second kappa shape index (κ2) is 4.73. The molecule has 0 aromatic rings. The number of rotatable bonds is 4. The van der Waals surface area contributed by atoms with Crippen molar-refractivity contribution in [1.82, 2.24) is 5.32 Å². The maximum absolute atomic E-state index is 12.3. The number of hydrogen-bond acceptors (Lipinski definition) is 2. The molecule has 0 aliphatic rings. The lowest BCUT2D eigenvalue weighted by atomic mass is 10.2. The summed E-state index contributed by atoms with van der Waals surface area (Å²) in [5.41, 5.74) is 5.09. The van der Waals surface area contributed by atoms with Crippen LogP contribution in [0.25, 0.3) is 0 Å². The Morgan fingerprint density at radius 1 is 1.33 bits per heavy atom. The first-order valence-electron chi connectivity index (χ1n) is 4.05. The second-order valence-corrected chi connectivity index (χ2v) is 3.12. The van der Waals surface area contributed by atoms with Gasteiger partial charge < -0.3 is 11.1 Å². The van der Waals surface area contributed by atoms with E-state index in [1.165, 1.54) is 12.2 Å². The Morgan fingerprint density at radius 2 is 1.80 bits per heavy atom. The highest BCUT2D eigenvalue weighted by Crippen LogP contribution is 2.35. The van der Waals surface area contributed by atoms with Gasteiger partial charge in [0.1, 0.15) is 0 Å². The summed E-state index contributed by atoms with van der Waals surface area (Å²) in [6, 6.07) is 0. The summed E-state index contributed by atoms with van der Waals surface area (Å²) in [4.78, 5) is 10.5. The molecule has 0 bridgehead atoms. The van der Waals surface area contributed by atoms with Crippen molar-refractivity contribution in [3.63, 3.8) is 0 Å². The topological polar surface area (TPSA) is 55.1 Å². The molecule has 3 N–H and O–H groups in total. The molecule has 0 heterocycles. The predicted octanol–water partition coefficient (Wildman–Crippen LogP) is 0.895. The molecule has 0 saturated heterocycles. The molecule has 0 saturated carbocycles. The van der Waals surface area contributed by atoms with Crippen LogP contribution in [-0.4, -0.2) is 31.1 Å². The van der Waals surface area contributed by atoms with Crippen LogP contribution >= 0.6 is 0 Å². The molecule has 1 unspecified atom stereocenters. The first kappa shape index (κ1) is 14.1. The molecule has 0 spiro atoms. The Bertz CT molecular complexity index is 228. The van der Waals surface area contributed by atoms with Crippen molar-refractivity contribution in [1.29, 1.82) is 0 Å². The Morgan fingerprint density at radius 3 is 2.13 bits per heavy atom. The maximum atomic E-state index is 12.3. The zero-order valence-electron chi connectivity index (χ0n) is 7.87. The molecule has 15 heavy (non-hydrogen) atoms. The molecule has 0 fully saturated rings. The minimum Gasteiger partial charge on any atom is -0.350 e. The van der Waals surface area contributed by atoms with Gasteiger partial charge in [-0.2, -0.15) is 22.0 Å². The Balaban J connectivity index is 4.33. The van der Waals surface area contributed by atoms with E-state index in [1.807, 2.05) is 0 Å². The van der Waals surface area contributed by atoms with E-state index < -0.39 is 18.0 Å². The van der Waals surface area contributed by atoms with Gasteiger partial charge in [-0.05, 0) is 12.5 Å². The van der Waals surface area contributed by atoms with Crippen molar-refractivity contribution in [2.45, 2.75) is 19.0 Å². The zero-order chi connectivity index (χ0) is 12.3. The van der Waals surface area contributed by atoms with Crippen LogP contribution in [0.4, 0.5) is 22.0 Å². The third-order valence-electron chi connectivity index (χ3n) is 1.65. The van der Waals surface area contributed by atoms with Crippen LogP contribution in [0.15, 0.2) is 0 Å². The molecule has 0 aliphatic heterocycles. The fraction of sp³-hybridized carbons (Fsp3) is 0.857. The second-order valence-electron chi connectivity index (χ2n) is 3.12. The summed E-state index contributed by atoms with van der Waals surface area (Å²) in [6.45, 7) is 1.27. The highest BCUT2D eigenvalue weighted by molar-refractivity contribution is 5.84. The Hall–Kier alpha value is -0.920. The highest BCUT2D eigenvalue weighted by Gasteiger charge is 2.63. The van der Waals surface area contributed by atoms with E-state index in [2.05, 4.69) is 0 Å². The first-order chi connectivity index (χ1) is 6.63. The molecule has 1 atom stereocenters. The molecule has 8 heteroatoms. The molecule has 0 rings (SSSR count). The fourth-order valence-electron chi connectivity index (χ4n) is 0.590. The minimum atomic E-state index is -5.87. The lowest BCUT2D eigenvalue weighted by Crippen LogP contribution is -2.51. The van der Waals surface area contributed by atoms with Crippen molar-refractivity contribution >= 4 is 5.91 Å². The van der Waals surface area contributed by atoms with E-state index in [-0.39, 0.29) is 19.0 Å². The van der Waals surface area contributed by atoms with Crippen LogP contribution in [0.5, 0.6) is 0 Å². The van der Waals surface area contributed by atoms with Crippen molar-refractivity contribution in [3.8, 4) is 0 Å². The highest BCUT2D eigenvalue weighted by atomic mass is 19.4. The molecular formula is C7H11F5N2O. The van der Waals surface area contributed by atoms with Crippen LogP contribution in [-0.2, 0) is 4.79 Å². The zero-order valence-corrected chi connectivity index (χ0v) is 7.87. The number of nitrogens with one attached hydrogen (secondary N) is 1. The van der Waals surface area contributed by atoms with Crippen molar-refractivity contribution < 1.29 is 26.7 Å². The number of hydrogen-bond donors (Lipinski definition) is 2. The van der Waals surface area contributed by atoms with E-state index in [1.54, 1.807) is 0 Å². The van der Waals surface area contributed by atoms with Gasteiger partial charge in [-0.15, -0.1) is 0 Å². The number of carbonyl (C=O) groups excluding carboxylic acids is 1. The monoisotopic (exact) mass is 234 g/mol. The average molecular weight is 234 g/mol. The van der Waals surface area contributed by atoms with Crippen molar-refractivity contribution in [3.05, 3.63) is 0 Å². The number of alkyl halides is 5. The van der Waals surface area contributed by atoms with Crippen molar-refractivity contribution in [2.75, 3.05) is 13.1 Å². The van der Waals surface area contributed by atoms with E-state index in [0.29, 0.717) is 0 Å². The third kappa shape index (κ3) is 3.61. The van der Waals surface area contributed by atoms with Gasteiger partial charge in [-0.3, -0.25) is 4.79 Å². The number of nitrogens with two attached hydrogens (primary N) is 1. The smallest absolute Gasteiger partial charge is 0.350 e. The molecular weight excluding hydrogens is 223 g/mol. The maximum Gasteiger partial charge on any atom is 0.463 e. The van der Waals surface area contributed by atoms with Gasteiger partial charge in [0.15, 0.2) is 0 Å². The van der Waals surface area contributed by atoms with E-state index in [9.17, 15) is 26.7 Å². The summed E-state index contributed by atoms with van der Waals surface area (Å²) in [5.74, 6) is -8.07. The molecule has 0 aromatic heterocycles. The van der Waals surface area contributed by atoms with Crippen LogP contribution in [0, 0.1) is 5.92 Å². The summed E-state index contributed by atoms with van der Waals surface area (Å²) >= 11 is 0. The van der Waals surface area contributed by atoms with Gasteiger partial charge in [0.25, 0.3) is 5.91 Å². The third-order valence-corrected chi connectivity index (χ3v) is 1.65. The minimum absolute atomic E-state index is 0.0812. The van der Waals surface area contributed by atoms with Gasteiger partial charge >= 0.3 is 12.1 Å². The standard InChI is InChI=1S/C7H11F5N2O/c1-4(2-13)3-14-5(15)6(8,9)7(10,11)12/h4H,2-3,13H2,1H3,(H,14,15). The summed E-state index contributed by atoms with van der Waals surface area (Å²) < 4.78 is 59.6. The summed E-state index contributed by atoms with van der Waals surface area (Å²) in [6.07, 6.45) is -5.87. The van der Waals surface area contributed by atoms with Crippen LogP contribution in [0.2, 0.25) is 0 Å². The van der Waals surface area contributed by atoms with E-state index >= 15 is 0 Å². The predicted molar refractivity (Wildman–Crippen MR) is 42.2 cm³/mol. The number of amides is 1. The van der Waals surface area contributed by atoms with Crippen molar-refractivity contribution in [2.24, 2.45) is 11.7 Å². The molecule has 3 nitrogen and oxygen atoms in total. The molecule has 0 aromatic carbocycles. The summed E-state index contributed by atoms with van der Waals surface area (Å²) in [7, 11) is 0. The lowest BCUT2D eigenvalue weighted by molar-refractivity contribution is -0.269. The average Bonchev–Trinajstić information content (AvgIpc) is 2.11. The number of carbonyl (C=O) groups is 1. The quantitative estimate of drug-likeness (QED) is 0.710. The van der Waals surface area contributed by atoms with E-state index in [4.69, 9.17) is 5.73 Å². The first-order valence-corrected chi connectivity index (χ1v) is 4.05. The van der Waals surface area contributed by atoms with Gasteiger partial charge in [0.2, 0.25) is 0 Å². The fourth-order valence-corrected chi connectivity index (χ4v) is 0.590. The Kier molecular flexibility index (Phi) is 4.44.